The van der Waals surface area contributed by atoms with Crippen molar-refractivity contribution in [1.82, 2.24) is 0 Å². The minimum atomic E-state index is -3.67. The molecule has 1 amide bonds. The number of hydrogen-bond donors (Lipinski definition) is 1. The lowest BCUT2D eigenvalue weighted by molar-refractivity contribution is -0.119. The summed E-state index contributed by atoms with van der Waals surface area (Å²) in [6, 6.07) is 10.7. The van der Waals surface area contributed by atoms with Crippen LogP contribution in [0.25, 0.3) is 0 Å². The number of rotatable bonds is 4. The molecule has 1 N–H and O–H groups in total. The van der Waals surface area contributed by atoms with Crippen LogP contribution in [0.2, 0.25) is 0 Å². The van der Waals surface area contributed by atoms with Gasteiger partial charge in [-0.05, 0) is 74.1 Å². The lowest BCUT2D eigenvalue weighted by Gasteiger charge is -2.17. The van der Waals surface area contributed by atoms with E-state index in [1.165, 1.54) is 0 Å². The Kier molecular flexibility index (Phi) is 4.03. The number of nitrogens with zero attached hydrogens (tertiary/aromatic N) is 1. The summed E-state index contributed by atoms with van der Waals surface area (Å²) in [4.78, 5) is 14.4. The topological polar surface area (TPSA) is 66.5 Å². The maximum Gasteiger partial charge on any atom is 0.261 e. The second kappa shape index (κ2) is 6.13. The van der Waals surface area contributed by atoms with E-state index in [9.17, 15) is 13.2 Å². The third-order valence-corrected chi connectivity index (χ3v) is 6.45. The number of carbonyl (C=O) groups excluding carboxylic acids is 1. The van der Waals surface area contributed by atoms with Gasteiger partial charge in [-0.3, -0.25) is 9.52 Å². The molecule has 2 aliphatic rings. The summed E-state index contributed by atoms with van der Waals surface area (Å²) in [7, 11) is -3.67. The van der Waals surface area contributed by atoms with E-state index >= 15 is 0 Å². The van der Waals surface area contributed by atoms with Crippen LogP contribution in [0.4, 0.5) is 11.4 Å². The fourth-order valence-corrected chi connectivity index (χ4v) is 4.55. The van der Waals surface area contributed by atoms with Crippen molar-refractivity contribution in [2.75, 3.05) is 16.2 Å². The molecule has 1 heterocycles. The highest BCUT2D eigenvalue weighted by molar-refractivity contribution is 7.92. The molecule has 0 saturated heterocycles. The van der Waals surface area contributed by atoms with Gasteiger partial charge in [-0.15, -0.1) is 0 Å². The van der Waals surface area contributed by atoms with Gasteiger partial charge in [0.25, 0.3) is 10.0 Å². The van der Waals surface area contributed by atoms with Gasteiger partial charge in [-0.1, -0.05) is 12.1 Å². The van der Waals surface area contributed by atoms with E-state index < -0.39 is 10.0 Å². The van der Waals surface area contributed by atoms with Crippen molar-refractivity contribution in [3.63, 3.8) is 0 Å². The molecule has 2 aromatic carbocycles. The minimum Gasteiger partial charge on any atom is -0.312 e. The number of sulfonamides is 1. The van der Waals surface area contributed by atoms with Crippen LogP contribution in [0.15, 0.2) is 41.3 Å². The van der Waals surface area contributed by atoms with Gasteiger partial charge in [-0.25, -0.2) is 8.42 Å². The van der Waals surface area contributed by atoms with Gasteiger partial charge in [0.05, 0.1) is 10.6 Å². The van der Waals surface area contributed by atoms with E-state index in [0.717, 1.165) is 35.2 Å². The average Bonchev–Trinajstić information content (AvgIpc) is 3.36. The molecule has 0 aromatic heterocycles. The van der Waals surface area contributed by atoms with Crippen molar-refractivity contribution in [2.45, 2.75) is 38.0 Å². The van der Waals surface area contributed by atoms with Crippen LogP contribution in [0.3, 0.4) is 0 Å². The van der Waals surface area contributed by atoms with Gasteiger partial charge in [0, 0.05) is 18.2 Å². The van der Waals surface area contributed by atoms with Gasteiger partial charge >= 0.3 is 0 Å². The number of carbonyl (C=O) groups is 1. The van der Waals surface area contributed by atoms with Crippen molar-refractivity contribution in [2.24, 2.45) is 5.92 Å². The fourth-order valence-electron chi connectivity index (χ4n) is 3.37. The molecule has 1 aliphatic heterocycles. The standard InChI is InChI=1S/C20H22N2O3S/c1-13-3-4-14(2)18(11-13)21-26(24,25)17-7-8-19-16(12-17)9-10-22(19)20(23)15-5-6-15/h3-4,7-8,11-12,15,21H,5-6,9-10H2,1-2H3. The zero-order chi connectivity index (χ0) is 18.5. The predicted octanol–water partition coefficient (Wildman–Crippen LogP) is 3.40. The number of hydrogen-bond acceptors (Lipinski definition) is 3. The lowest BCUT2D eigenvalue weighted by atomic mass is 10.1. The SMILES string of the molecule is Cc1ccc(C)c(NS(=O)(=O)c2ccc3c(c2)CCN3C(=O)C2CC2)c1. The first-order valence-corrected chi connectivity index (χ1v) is 10.4. The minimum absolute atomic E-state index is 0.162. The number of nitrogens with one attached hydrogen (secondary N) is 1. The van der Waals surface area contributed by atoms with Gasteiger partial charge in [0.2, 0.25) is 5.91 Å². The molecule has 0 bridgehead atoms. The first kappa shape index (κ1) is 17.1. The van der Waals surface area contributed by atoms with Crippen LogP contribution in [0.1, 0.15) is 29.5 Å². The van der Waals surface area contributed by atoms with Crippen molar-refractivity contribution >= 4 is 27.3 Å². The number of anilines is 2. The molecule has 0 atom stereocenters. The van der Waals surface area contributed by atoms with Crippen molar-refractivity contribution < 1.29 is 13.2 Å². The molecular weight excluding hydrogens is 348 g/mol. The Morgan fingerprint density at radius 2 is 1.88 bits per heavy atom. The van der Waals surface area contributed by atoms with Crippen LogP contribution in [0, 0.1) is 19.8 Å². The molecule has 136 valence electrons. The highest BCUT2D eigenvalue weighted by Crippen LogP contribution is 2.37. The van der Waals surface area contributed by atoms with E-state index in [4.69, 9.17) is 0 Å². The largest absolute Gasteiger partial charge is 0.312 e. The molecule has 1 aliphatic carbocycles. The van der Waals surface area contributed by atoms with Crippen LogP contribution >= 0.6 is 0 Å². The fraction of sp³-hybridized carbons (Fsp3) is 0.350. The lowest BCUT2D eigenvalue weighted by Crippen LogP contribution is -2.30. The highest BCUT2D eigenvalue weighted by atomic mass is 32.2. The van der Waals surface area contributed by atoms with Crippen molar-refractivity contribution in [1.29, 1.82) is 0 Å². The summed E-state index contributed by atoms with van der Waals surface area (Å²) in [6.07, 6.45) is 2.63. The molecule has 2 aromatic rings. The molecule has 0 spiro atoms. The zero-order valence-electron chi connectivity index (χ0n) is 15.0. The Morgan fingerprint density at radius 3 is 2.62 bits per heavy atom. The summed E-state index contributed by atoms with van der Waals surface area (Å²) in [5, 5.41) is 0. The molecule has 1 saturated carbocycles. The van der Waals surface area contributed by atoms with Gasteiger partial charge in [0.1, 0.15) is 0 Å². The number of fused-ring (bicyclic) bond motifs is 1. The summed E-state index contributed by atoms with van der Waals surface area (Å²) in [5.74, 6) is 0.336. The number of benzene rings is 2. The zero-order valence-corrected chi connectivity index (χ0v) is 15.8. The maximum absolute atomic E-state index is 12.8. The highest BCUT2D eigenvalue weighted by Gasteiger charge is 2.36. The molecule has 6 heteroatoms. The first-order valence-electron chi connectivity index (χ1n) is 8.89. The smallest absolute Gasteiger partial charge is 0.261 e. The van der Waals surface area contributed by atoms with Crippen molar-refractivity contribution in [3.05, 3.63) is 53.1 Å². The van der Waals surface area contributed by atoms with E-state index in [1.54, 1.807) is 18.2 Å². The summed E-state index contributed by atoms with van der Waals surface area (Å²) < 4.78 is 28.3. The molecule has 26 heavy (non-hydrogen) atoms. The molecular formula is C20H22N2O3S. The molecule has 0 unspecified atom stereocenters. The molecule has 5 nitrogen and oxygen atoms in total. The van der Waals surface area contributed by atoms with Gasteiger partial charge in [-0.2, -0.15) is 0 Å². The van der Waals surface area contributed by atoms with Crippen LogP contribution < -0.4 is 9.62 Å². The van der Waals surface area contributed by atoms with E-state index in [2.05, 4.69) is 4.72 Å². The van der Waals surface area contributed by atoms with Crippen LogP contribution in [-0.2, 0) is 21.2 Å². The van der Waals surface area contributed by atoms with Gasteiger partial charge < -0.3 is 4.90 Å². The van der Waals surface area contributed by atoms with E-state index in [-0.39, 0.29) is 16.7 Å². The number of aryl methyl sites for hydroxylation is 2. The molecule has 0 radical (unpaired) electrons. The molecule has 4 rings (SSSR count). The van der Waals surface area contributed by atoms with Crippen LogP contribution in [-0.4, -0.2) is 20.9 Å². The third-order valence-electron chi connectivity index (χ3n) is 5.09. The second-order valence-electron chi connectivity index (χ2n) is 7.23. The molecule has 1 fully saturated rings. The Balaban J connectivity index is 1.62. The van der Waals surface area contributed by atoms with E-state index in [0.29, 0.717) is 18.7 Å². The third kappa shape index (κ3) is 3.09. The summed E-state index contributed by atoms with van der Waals surface area (Å²) >= 11 is 0. The Labute approximate surface area is 154 Å². The van der Waals surface area contributed by atoms with Crippen molar-refractivity contribution in [3.8, 4) is 0 Å². The summed E-state index contributed by atoms with van der Waals surface area (Å²) in [5.41, 5.74) is 4.24. The second-order valence-corrected chi connectivity index (χ2v) is 8.91. The maximum atomic E-state index is 12.8. The average molecular weight is 370 g/mol. The Bertz CT molecular complexity index is 994. The first-order chi connectivity index (χ1) is 12.3. The number of amides is 1. The predicted molar refractivity (Wildman–Crippen MR) is 102 cm³/mol. The van der Waals surface area contributed by atoms with Gasteiger partial charge in [0.15, 0.2) is 0 Å². The van der Waals surface area contributed by atoms with Crippen LogP contribution in [0.5, 0.6) is 0 Å². The Morgan fingerprint density at radius 1 is 1.12 bits per heavy atom. The van der Waals surface area contributed by atoms with E-state index in [1.807, 2.05) is 36.9 Å². The quantitative estimate of drug-likeness (QED) is 0.897. The Hall–Kier alpha value is -2.34. The summed E-state index contributed by atoms with van der Waals surface area (Å²) in [6.45, 7) is 4.44. The normalized spacial score (nSPS) is 16.5. The monoisotopic (exact) mass is 370 g/mol.